The van der Waals surface area contributed by atoms with Gasteiger partial charge in [0.1, 0.15) is 10.3 Å². The molecule has 5 heteroatoms. The first kappa shape index (κ1) is 11.6. The molecular formula is C7H11BrF2N2. The molecule has 12 heavy (non-hydrogen) atoms. The van der Waals surface area contributed by atoms with Crippen molar-refractivity contribution in [1.82, 2.24) is 9.78 Å². The number of alkyl halides is 2. The Hall–Kier alpha value is -0.450. The molecule has 0 N–H and O–H groups in total. The SMILES string of the molecule is CC.Cn1nc(Br)cc1C(F)F. The van der Waals surface area contributed by atoms with Crippen molar-refractivity contribution in [1.29, 1.82) is 0 Å². The van der Waals surface area contributed by atoms with Crippen LogP contribution in [0.15, 0.2) is 10.7 Å². The number of halogens is 3. The van der Waals surface area contributed by atoms with Crippen molar-refractivity contribution in [2.75, 3.05) is 0 Å². The summed E-state index contributed by atoms with van der Waals surface area (Å²) >= 11 is 2.99. The molecule has 0 amide bonds. The van der Waals surface area contributed by atoms with Gasteiger partial charge >= 0.3 is 0 Å². The van der Waals surface area contributed by atoms with E-state index in [0.29, 0.717) is 4.60 Å². The maximum atomic E-state index is 12.0. The summed E-state index contributed by atoms with van der Waals surface area (Å²) in [5.74, 6) is 0. The molecule has 1 aromatic heterocycles. The highest BCUT2D eigenvalue weighted by molar-refractivity contribution is 9.10. The van der Waals surface area contributed by atoms with Crippen molar-refractivity contribution in [2.24, 2.45) is 7.05 Å². The first-order valence-electron chi connectivity index (χ1n) is 3.59. The summed E-state index contributed by atoms with van der Waals surface area (Å²) < 4.78 is 25.5. The zero-order chi connectivity index (χ0) is 9.72. The monoisotopic (exact) mass is 240 g/mol. The Morgan fingerprint density at radius 3 is 2.17 bits per heavy atom. The molecule has 0 fully saturated rings. The fourth-order valence-corrected chi connectivity index (χ4v) is 1.12. The third-order valence-corrected chi connectivity index (χ3v) is 1.50. The Bertz CT molecular complexity index is 235. The van der Waals surface area contributed by atoms with Crippen molar-refractivity contribution in [3.8, 4) is 0 Å². The summed E-state index contributed by atoms with van der Waals surface area (Å²) in [6.45, 7) is 4.00. The van der Waals surface area contributed by atoms with Crippen LogP contribution in [0.1, 0.15) is 26.0 Å². The molecule has 0 unspecified atom stereocenters. The standard InChI is InChI=1S/C5H5BrF2N2.C2H6/c1-10-3(5(7)8)2-4(6)9-10;1-2/h2,5H,1H3;1-2H3. The first-order chi connectivity index (χ1) is 5.61. The molecule has 0 bridgehead atoms. The van der Waals surface area contributed by atoms with E-state index in [1.807, 2.05) is 13.8 Å². The fraction of sp³-hybridized carbons (Fsp3) is 0.571. The molecule has 2 nitrogen and oxygen atoms in total. The quantitative estimate of drug-likeness (QED) is 0.738. The van der Waals surface area contributed by atoms with Crippen molar-refractivity contribution in [2.45, 2.75) is 20.3 Å². The zero-order valence-corrected chi connectivity index (χ0v) is 8.77. The minimum Gasteiger partial charge on any atom is -0.266 e. The second-order valence-electron chi connectivity index (χ2n) is 1.82. The van der Waals surface area contributed by atoms with Gasteiger partial charge in [-0.2, -0.15) is 5.10 Å². The van der Waals surface area contributed by atoms with Gasteiger partial charge < -0.3 is 0 Å². The topological polar surface area (TPSA) is 17.8 Å². The van der Waals surface area contributed by atoms with Crippen LogP contribution in [0.5, 0.6) is 0 Å². The van der Waals surface area contributed by atoms with Gasteiger partial charge in [0.15, 0.2) is 0 Å². The molecule has 1 rings (SSSR count). The summed E-state index contributed by atoms with van der Waals surface area (Å²) in [6.07, 6.45) is -2.45. The number of aromatic nitrogens is 2. The molecule has 0 atom stereocenters. The van der Waals surface area contributed by atoms with Crippen LogP contribution in [0.2, 0.25) is 0 Å². The zero-order valence-electron chi connectivity index (χ0n) is 7.18. The lowest BCUT2D eigenvalue weighted by Gasteiger charge is -1.96. The average molecular weight is 241 g/mol. The van der Waals surface area contributed by atoms with Crippen LogP contribution in [-0.4, -0.2) is 9.78 Å². The molecular weight excluding hydrogens is 230 g/mol. The third-order valence-electron chi connectivity index (χ3n) is 1.11. The van der Waals surface area contributed by atoms with E-state index < -0.39 is 6.43 Å². The lowest BCUT2D eigenvalue weighted by Crippen LogP contribution is -1.97. The summed E-state index contributed by atoms with van der Waals surface area (Å²) in [6, 6.07) is 1.30. The van der Waals surface area contributed by atoms with E-state index in [1.165, 1.54) is 13.1 Å². The summed E-state index contributed by atoms with van der Waals surface area (Å²) in [4.78, 5) is 0. The average Bonchev–Trinajstić information content (AvgIpc) is 2.34. The highest BCUT2D eigenvalue weighted by Crippen LogP contribution is 2.20. The summed E-state index contributed by atoms with van der Waals surface area (Å²) in [7, 11) is 1.48. The van der Waals surface area contributed by atoms with Crippen LogP contribution in [0.4, 0.5) is 8.78 Å². The Morgan fingerprint density at radius 1 is 1.50 bits per heavy atom. The number of aryl methyl sites for hydroxylation is 1. The molecule has 0 saturated heterocycles. The molecule has 70 valence electrons. The Kier molecular flexibility index (Phi) is 5.04. The van der Waals surface area contributed by atoms with Crippen LogP contribution < -0.4 is 0 Å². The summed E-state index contributed by atoms with van der Waals surface area (Å²) in [5.41, 5.74) is -0.0770. The first-order valence-corrected chi connectivity index (χ1v) is 4.38. The second kappa shape index (κ2) is 5.24. The van der Waals surface area contributed by atoms with Crippen LogP contribution >= 0.6 is 15.9 Å². The van der Waals surface area contributed by atoms with Gasteiger partial charge in [-0.1, -0.05) is 13.8 Å². The smallest absolute Gasteiger partial charge is 0.266 e. The minimum absolute atomic E-state index is 0.0770. The Labute approximate surface area is 78.7 Å². The van der Waals surface area contributed by atoms with E-state index in [1.54, 1.807) is 0 Å². The van der Waals surface area contributed by atoms with Crippen LogP contribution in [-0.2, 0) is 7.05 Å². The van der Waals surface area contributed by atoms with Gasteiger partial charge in [-0.25, -0.2) is 8.78 Å². The molecule has 0 radical (unpaired) electrons. The predicted molar refractivity (Wildman–Crippen MR) is 47.2 cm³/mol. The maximum absolute atomic E-state index is 12.0. The molecule has 0 aromatic carbocycles. The molecule has 1 aromatic rings. The van der Waals surface area contributed by atoms with E-state index in [0.717, 1.165) is 4.68 Å². The minimum atomic E-state index is -2.45. The van der Waals surface area contributed by atoms with Gasteiger partial charge in [-0.05, 0) is 22.0 Å². The van der Waals surface area contributed by atoms with Crippen molar-refractivity contribution in [3.05, 3.63) is 16.4 Å². The van der Waals surface area contributed by atoms with E-state index in [-0.39, 0.29) is 5.69 Å². The van der Waals surface area contributed by atoms with Crippen LogP contribution in [0.3, 0.4) is 0 Å². The molecule has 0 aliphatic rings. The highest BCUT2D eigenvalue weighted by atomic mass is 79.9. The number of hydrogen-bond acceptors (Lipinski definition) is 1. The van der Waals surface area contributed by atoms with Crippen molar-refractivity contribution in [3.63, 3.8) is 0 Å². The maximum Gasteiger partial charge on any atom is 0.280 e. The van der Waals surface area contributed by atoms with E-state index in [2.05, 4.69) is 21.0 Å². The van der Waals surface area contributed by atoms with Gasteiger partial charge in [-0.15, -0.1) is 0 Å². The number of rotatable bonds is 1. The predicted octanol–water partition coefficient (Wildman–Crippen LogP) is 3.15. The third kappa shape index (κ3) is 2.89. The molecule has 0 aliphatic carbocycles. The van der Waals surface area contributed by atoms with Gasteiger partial charge in [-0.3, -0.25) is 4.68 Å². The molecule has 1 heterocycles. The lowest BCUT2D eigenvalue weighted by atomic mass is 10.4. The van der Waals surface area contributed by atoms with Gasteiger partial charge in [0.2, 0.25) is 0 Å². The molecule has 0 aliphatic heterocycles. The summed E-state index contributed by atoms with van der Waals surface area (Å²) in [5, 5.41) is 3.69. The normalized spacial score (nSPS) is 9.58. The van der Waals surface area contributed by atoms with Gasteiger partial charge in [0.25, 0.3) is 6.43 Å². The van der Waals surface area contributed by atoms with E-state index in [9.17, 15) is 8.78 Å². The van der Waals surface area contributed by atoms with Crippen molar-refractivity contribution < 1.29 is 8.78 Å². The van der Waals surface area contributed by atoms with Crippen molar-refractivity contribution >= 4 is 15.9 Å². The largest absolute Gasteiger partial charge is 0.280 e. The fourth-order valence-electron chi connectivity index (χ4n) is 0.650. The Balaban J connectivity index is 0.000000561. The number of hydrogen-bond donors (Lipinski definition) is 0. The van der Waals surface area contributed by atoms with Gasteiger partial charge in [0.05, 0.1) is 0 Å². The van der Waals surface area contributed by atoms with Crippen LogP contribution in [0.25, 0.3) is 0 Å². The number of nitrogens with zero attached hydrogens (tertiary/aromatic N) is 2. The molecule has 0 saturated carbocycles. The Morgan fingerprint density at radius 2 is 2.00 bits per heavy atom. The van der Waals surface area contributed by atoms with Crippen LogP contribution in [0, 0.1) is 0 Å². The van der Waals surface area contributed by atoms with Gasteiger partial charge in [0, 0.05) is 7.05 Å². The molecule has 0 spiro atoms. The highest BCUT2D eigenvalue weighted by Gasteiger charge is 2.12. The van der Waals surface area contributed by atoms with E-state index in [4.69, 9.17) is 0 Å². The lowest BCUT2D eigenvalue weighted by molar-refractivity contribution is 0.141. The second-order valence-corrected chi connectivity index (χ2v) is 2.63. The van der Waals surface area contributed by atoms with E-state index >= 15 is 0 Å².